The van der Waals surface area contributed by atoms with E-state index in [4.69, 9.17) is 16.0 Å². The molecule has 0 aliphatic heterocycles. The van der Waals surface area contributed by atoms with Crippen LogP contribution in [0.4, 0.5) is 0 Å². The van der Waals surface area contributed by atoms with Crippen LogP contribution in [0.3, 0.4) is 0 Å². The molecule has 0 saturated heterocycles. The predicted molar refractivity (Wildman–Crippen MR) is 88.8 cm³/mol. The number of nitrogens with two attached hydrogens (primary N) is 2. The Labute approximate surface area is 132 Å². The quantitative estimate of drug-likeness (QED) is 0.428. The third-order valence-electron chi connectivity index (χ3n) is 2.47. The van der Waals surface area contributed by atoms with Crippen LogP contribution in [0.2, 0.25) is 0 Å². The van der Waals surface area contributed by atoms with Gasteiger partial charge < -0.3 is 11.5 Å². The fraction of sp³-hybridized carbons (Fsp3) is 0.231. The molecule has 9 heteroatoms. The number of thiophene rings is 1. The van der Waals surface area contributed by atoms with Gasteiger partial charge in [-0.05, 0) is 29.5 Å². The number of carbonyl (C=O) groups is 1. The van der Waals surface area contributed by atoms with Gasteiger partial charge in [-0.1, -0.05) is 19.1 Å². The van der Waals surface area contributed by atoms with Crippen LogP contribution >= 0.6 is 11.3 Å². The van der Waals surface area contributed by atoms with Crippen molar-refractivity contribution in [2.75, 3.05) is 6.26 Å². The van der Waals surface area contributed by atoms with E-state index in [0.29, 0.717) is 11.1 Å². The molecule has 0 unspecified atom stereocenters. The topological polar surface area (TPSA) is 136 Å². The van der Waals surface area contributed by atoms with Crippen LogP contribution in [0, 0.1) is 0 Å². The summed E-state index contributed by atoms with van der Waals surface area (Å²) in [5.41, 5.74) is 11.6. The number of benzene rings is 1. The van der Waals surface area contributed by atoms with Crippen molar-refractivity contribution in [2.24, 2.45) is 16.5 Å². The summed E-state index contributed by atoms with van der Waals surface area (Å²) in [5, 5.41) is 1.11. The normalized spacial score (nSPS) is 10.7. The third-order valence-corrected chi connectivity index (χ3v) is 3.56. The minimum absolute atomic E-state index is 0.205. The molecule has 2 rings (SSSR count). The second kappa shape index (κ2) is 7.34. The van der Waals surface area contributed by atoms with Gasteiger partial charge >= 0.3 is 0 Å². The van der Waals surface area contributed by atoms with Crippen molar-refractivity contribution in [1.82, 2.24) is 0 Å². The van der Waals surface area contributed by atoms with Gasteiger partial charge in [-0.2, -0.15) is 13.4 Å². The average Bonchev–Trinajstić information content (AvgIpc) is 2.79. The molecule has 2 aromatic rings. The first-order valence-electron chi connectivity index (χ1n) is 6.19. The molecule has 0 radical (unpaired) electrons. The highest BCUT2D eigenvalue weighted by molar-refractivity contribution is 7.85. The van der Waals surface area contributed by atoms with E-state index in [1.54, 1.807) is 0 Å². The number of hydrogen-bond donors (Lipinski definition) is 3. The van der Waals surface area contributed by atoms with E-state index in [1.807, 2.05) is 18.2 Å². The van der Waals surface area contributed by atoms with E-state index in [2.05, 4.69) is 18.0 Å². The summed E-state index contributed by atoms with van der Waals surface area (Å²) in [5.74, 6) is -0.587. The van der Waals surface area contributed by atoms with Gasteiger partial charge in [0.05, 0.1) is 11.1 Å². The summed E-state index contributed by atoms with van der Waals surface area (Å²) in [4.78, 5) is 15.8. The molecule has 0 fully saturated rings. The standard InChI is InChI=1S/C12H13N3OS.CH4O3S/c1-2-7-4-3-5-9-8(7)6-10(17-9)11(16)15-12(13)14;1-5(2,3)4/h3-6H,2H2,1H3,(H4,13,14,15,16);1H3,(H,2,3,4). The molecule has 0 aliphatic rings. The zero-order chi connectivity index (χ0) is 16.9. The second-order valence-corrected chi connectivity index (χ2v) is 6.92. The smallest absolute Gasteiger partial charge is 0.290 e. The monoisotopic (exact) mass is 343 g/mol. The fourth-order valence-electron chi connectivity index (χ4n) is 1.71. The second-order valence-electron chi connectivity index (χ2n) is 4.37. The number of rotatable bonds is 2. The molecule has 1 aromatic heterocycles. The zero-order valence-corrected chi connectivity index (χ0v) is 13.7. The van der Waals surface area contributed by atoms with Crippen molar-refractivity contribution in [3.05, 3.63) is 34.7 Å². The van der Waals surface area contributed by atoms with Crippen LogP contribution in [0.5, 0.6) is 0 Å². The lowest BCUT2D eigenvalue weighted by Crippen LogP contribution is -2.24. The summed E-state index contributed by atoms with van der Waals surface area (Å²) >= 11 is 1.41. The van der Waals surface area contributed by atoms with Gasteiger partial charge in [0.1, 0.15) is 0 Å². The molecular formula is C13H17N3O4S2. The van der Waals surface area contributed by atoms with Crippen molar-refractivity contribution in [3.63, 3.8) is 0 Å². The maximum atomic E-state index is 11.7. The van der Waals surface area contributed by atoms with Crippen LogP contribution in [0.1, 0.15) is 22.2 Å². The minimum Gasteiger partial charge on any atom is -0.370 e. The molecule has 0 saturated carbocycles. The molecule has 7 nitrogen and oxygen atoms in total. The molecule has 1 aromatic carbocycles. The van der Waals surface area contributed by atoms with Crippen LogP contribution < -0.4 is 11.5 Å². The van der Waals surface area contributed by atoms with Crippen molar-refractivity contribution in [3.8, 4) is 0 Å². The summed E-state index contributed by atoms with van der Waals surface area (Å²) in [7, 11) is -3.67. The Morgan fingerprint density at radius 2 is 1.95 bits per heavy atom. The summed E-state index contributed by atoms with van der Waals surface area (Å²) in [6.45, 7) is 2.09. The Kier molecular flexibility index (Phi) is 6.03. The number of fused-ring (bicyclic) bond motifs is 1. The van der Waals surface area contributed by atoms with Gasteiger partial charge in [-0.25, -0.2) is 0 Å². The molecule has 0 spiro atoms. The van der Waals surface area contributed by atoms with Crippen molar-refractivity contribution in [2.45, 2.75) is 13.3 Å². The van der Waals surface area contributed by atoms with Crippen molar-refractivity contribution in [1.29, 1.82) is 0 Å². The number of aliphatic imine (C=N–C) groups is 1. The highest BCUT2D eigenvalue weighted by Gasteiger charge is 2.11. The maximum Gasteiger partial charge on any atom is 0.290 e. The Bertz CT molecular complexity index is 798. The Balaban J connectivity index is 0.000000422. The molecule has 0 aliphatic carbocycles. The number of hydrogen-bond acceptors (Lipinski definition) is 4. The Morgan fingerprint density at radius 1 is 1.36 bits per heavy atom. The van der Waals surface area contributed by atoms with Crippen molar-refractivity contribution < 1.29 is 17.8 Å². The molecule has 22 heavy (non-hydrogen) atoms. The largest absolute Gasteiger partial charge is 0.370 e. The third kappa shape index (κ3) is 5.80. The first-order valence-corrected chi connectivity index (χ1v) is 8.86. The molecule has 5 N–H and O–H groups in total. The Morgan fingerprint density at radius 3 is 2.45 bits per heavy atom. The number of guanidine groups is 1. The van der Waals surface area contributed by atoms with Gasteiger partial charge in [-0.3, -0.25) is 9.35 Å². The van der Waals surface area contributed by atoms with Gasteiger partial charge in [0.2, 0.25) is 0 Å². The number of aryl methyl sites for hydroxylation is 1. The lowest BCUT2D eigenvalue weighted by atomic mass is 10.1. The summed E-state index contributed by atoms with van der Waals surface area (Å²) in [6.07, 6.45) is 1.65. The van der Waals surface area contributed by atoms with Crippen LogP contribution in [-0.2, 0) is 16.5 Å². The SMILES string of the molecule is CCc1cccc2sc(C(=O)N=C(N)N)cc12.CS(=O)(=O)O. The molecule has 0 atom stereocenters. The van der Waals surface area contributed by atoms with Crippen molar-refractivity contribution >= 4 is 43.4 Å². The van der Waals surface area contributed by atoms with Gasteiger partial charge in [0.25, 0.3) is 16.0 Å². The number of carbonyl (C=O) groups excluding carboxylic acids is 1. The van der Waals surface area contributed by atoms with E-state index < -0.39 is 10.1 Å². The predicted octanol–water partition coefficient (Wildman–Crippen LogP) is 1.38. The Hall–Kier alpha value is -1.97. The highest BCUT2D eigenvalue weighted by Crippen LogP contribution is 2.29. The number of nitrogens with zero attached hydrogens (tertiary/aromatic N) is 1. The minimum atomic E-state index is -3.67. The molecular weight excluding hydrogens is 326 g/mol. The van der Waals surface area contributed by atoms with Crippen LogP contribution in [0.15, 0.2) is 29.3 Å². The summed E-state index contributed by atoms with van der Waals surface area (Å²) < 4.78 is 26.9. The van der Waals surface area contributed by atoms with Crippen LogP contribution in [-0.4, -0.2) is 31.1 Å². The van der Waals surface area contributed by atoms with E-state index in [1.165, 1.54) is 16.9 Å². The van der Waals surface area contributed by atoms with E-state index in [0.717, 1.165) is 16.5 Å². The summed E-state index contributed by atoms with van der Waals surface area (Å²) in [6, 6.07) is 7.90. The molecule has 0 bridgehead atoms. The van der Waals surface area contributed by atoms with Gasteiger partial charge in [-0.15, -0.1) is 11.3 Å². The lowest BCUT2D eigenvalue weighted by Gasteiger charge is -1.96. The lowest BCUT2D eigenvalue weighted by molar-refractivity contribution is 0.101. The first-order chi connectivity index (χ1) is 10.1. The van der Waals surface area contributed by atoms with E-state index >= 15 is 0 Å². The molecule has 1 amide bonds. The van der Waals surface area contributed by atoms with Gasteiger partial charge in [0, 0.05) is 4.70 Å². The van der Waals surface area contributed by atoms with Crippen LogP contribution in [0.25, 0.3) is 10.1 Å². The molecule has 120 valence electrons. The first kappa shape index (κ1) is 18.1. The molecule has 1 heterocycles. The van der Waals surface area contributed by atoms with Gasteiger partial charge in [0.15, 0.2) is 5.96 Å². The zero-order valence-electron chi connectivity index (χ0n) is 12.1. The van der Waals surface area contributed by atoms with E-state index in [9.17, 15) is 13.2 Å². The van der Waals surface area contributed by atoms with E-state index in [-0.39, 0.29) is 11.9 Å². The fourth-order valence-corrected chi connectivity index (χ4v) is 2.70. The highest BCUT2D eigenvalue weighted by atomic mass is 32.2. The maximum absolute atomic E-state index is 11.7. The number of amides is 1. The average molecular weight is 343 g/mol.